The van der Waals surface area contributed by atoms with Gasteiger partial charge in [-0.05, 0) is 89.5 Å². The van der Waals surface area contributed by atoms with Crippen molar-refractivity contribution in [2.24, 2.45) is 0 Å². The summed E-state index contributed by atoms with van der Waals surface area (Å²) in [7, 11) is 0. The molecule has 3 aromatic heterocycles. The Labute approximate surface area is 244 Å². The smallest absolute Gasteiger partial charge is 0.110 e. The highest BCUT2D eigenvalue weighted by Gasteiger charge is 2.15. The second kappa shape index (κ2) is 11.0. The molecular formula is C33H18N4S3. The molecule has 0 aliphatic carbocycles. The SMILES string of the molecule is N#Cc1ccc(-c2ccc(N(c3ccc(-c4ccc(C#N)s4)cc3)c3ccc(-c4ccc(C#N)s4)cc3)cc2)s1. The molecule has 0 amide bonds. The van der Waals surface area contributed by atoms with Crippen molar-refractivity contribution in [1.82, 2.24) is 0 Å². The highest BCUT2D eigenvalue weighted by Crippen LogP contribution is 2.39. The lowest BCUT2D eigenvalue weighted by Crippen LogP contribution is -2.09. The molecule has 7 heteroatoms. The van der Waals surface area contributed by atoms with Gasteiger partial charge in [0.1, 0.15) is 32.8 Å². The Morgan fingerprint density at radius 3 is 0.875 bits per heavy atom. The molecule has 3 heterocycles. The average molecular weight is 567 g/mol. The van der Waals surface area contributed by atoms with E-state index >= 15 is 0 Å². The summed E-state index contributed by atoms with van der Waals surface area (Å²) in [6, 6.07) is 43.2. The lowest BCUT2D eigenvalue weighted by Gasteiger charge is -2.26. The third-order valence-electron chi connectivity index (χ3n) is 6.38. The number of benzene rings is 3. The molecule has 0 aliphatic rings. The molecule has 0 fully saturated rings. The van der Waals surface area contributed by atoms with Crippen molar-refractivity contribution in [2.45, 2.75) is 0 Å². The topological polar surface area (TPSA) is 74.6 Å². The Balaban J connectivity index is 1.37. The van der Waals surface area contributed by atoms with Crippen LogP contribution in [0.1, 0.15) is 14.6 Å². The van der Waals surface area contributed by atoms with Crippen LogP contribution < -0.4 is 4.90 Å². The van der Waals surface area contributed by atoms with E-state index in [-0.39, 0.29) is 0 Å². The summed E-state index contributed by atoms with van der Waals surface area (Å²) in [5.41, 5.74) is 6.22. The van der Waals surface area contributed by atoms with Crippen LogP contribution in [-0.4, -0.2) is 0 Å². The second-order valence-corrected chi connectivity index (χ2v) is 12.1. The van der Waals surface area contributed by atoms with E-state index in [0.717, 1.165) is 48.4 Å². The monoisotopic (exact) mass is 566 g/mol. The molecular weight excluding hydrogens is 549 g/mol. The van der Waals surface area contributed by atoms with Crippen molar-refractivity contribution in [1.29, 1.82) is 15.8 Å². The molecule has 3 aromatic carbocycles. The van der Waals surface area contributed by atoms with E-state index < -0.39 is 0 Å². The van der Waals surface area contributed by atoms with Crippen LogP contribution in [0.15, 0.2) is 109 Å². The fourth-order valence-corrected chi connectivity index (χ4v) is 6.86. The summed E-state index contributed by atoms with van der Waals surface area (Å²) >= 11 is 4.46. The quantitative estimate of drug-likeness (QED) is 0.201. The van der Waals surface area contributed by atoms with Gasteiger partial charge in [-0.1, -0.05) is 36.4 Å². The third kappa shape index (κ3) is 5.04. The molecule has 4 nitrogen and oxygen atoms in total. The number of thiophene rings is 3. The molecule has 188 valence electrons. The Morgan fingerprint density at radius 1 is 0.375 bits per heavy atom. The molecule has 0 radical (unpaired) electrons. The van der Waals surface area contributed by atoms with Crippen molar-refractivity contribution in [3.63, 3.8) is 0 Å². The van der Waals surface area contributed by atoms with Gasteiger partial charge in [-0.2, -0.15) is 15.8 Å². The van der Waals surface area contributed by atoms with E-state index in [1.807, 2.05) is 36.4 Å². The van der Waals surface area contributed by atoms with E-state index in [9.17, 15) is 15.8 Å². The van der Waals surface area contributed by atoms with Gasteiger partial charge in [0.05, 0.1) is 0 Å². The number of anilines is 3. The summed E-state index contributed by atoms with van der Waals surface area (Å²) in [6.07, 6.45) is 0. The van der Waals surface area contributed by atoms with Gasteiger partial charge in [-0.3, -0.25) is 0 Å². The molecule has 0 unspecified atom stereocenters. The predicted molar refractivity (Wildman–Crippen MR) is 165 cm³/mol. The standard InChI is InChI=1S/C33H18N4S3/c34-19-28-13-16-31(38-28)22-1-7-25(8-2-22)37(26-9-3-23(4-10-26)32-17-14-29(20-35)39-32)27-11-5-24(6-12-27)33-18-15-30(21-36)40-33/h1-18H. The normalized spacial score (nSPS) is 10.4. The summed E-state index contributed by atoms with van der Waals surface area (Å²) < 4.78 is 0. The molecule has 6 aromatic rings. The summed E-state index contributed by atoms with van der Waals surface area (Å²) in [5.74, 6) is 0. The minimum atomic E-state index is 0.696. The van der Waals surface area contributed by atoms with Gasteiger partial charge in [0.25, 0.3) is 0 Å². The van der Waals surface area contributed by atoms with Crippen molar-refractivity contribution >= 4 is 51.1 Å². The van der Waals surface area contributed by atoms with Crippen molar-refractivity contribution in [3.8, 4) is 49.5 Å². The molecule has 6 rings (SSSR count). The van der Waals surface area contributed by atoms with E-state index in [1.165, 1.54) is 34.0 Å². The zero-order chi connectivity index (χ0) is 27.5. The predicted octanol–water partition coefficient (Wildman–Crippen LogP) is 9.96. The summed E-state index contributed by atoms with van der Waals surface area (Å²) in [5, 5.41) is 27.6. The fourth-order valence-electron chi connectivity index (χ4n) is 4.43. The van der Waals surface area contributed by atoms with Crippen LogP contribution in [0.4, 0.5) is 17.1 Å². The van der Waals surface area contributed by atoms with Crippen LogP contribution in [0, 0.1) is 34.0 Å². The molecule has 40 heavy (non-hydrogen) atoms. The lowest BCUT2D eigenvalue weighted by atomic mass is 10.1. The number of hydrogen-bond acceptors (Lipinski definition) is 7. The van der Waals surface area contributed by atoms with Gasteiger partial charge < -0.3 is 4.90 Å². The Kier molecular flexibility index (Phi) is 6.98. The maximum Gasteiger partial charge on any atom is 0.110 e. The van der Waals surface area contributed by atoms with E-state index in [0.29, 0.717) is 14.6 Å². The summed E-state index contributed by atoms with van der Waals surface area (Å²) in [4.78, 5) is 7.47. The van der Waals surface area contributed by atoms with Gasteiger partial charge in [0, 0.05) is 31.7 Å². The molecule has 0 bridgehead atoms. The van der Waals surface area contributed by atoms with E-state index in [2.05, 4.69) is 95.9 Å². The first-order valence-corrected chi connectivity index (χ1v) is 14.7. The molecule has 0 N–H and O–H groups in total. The van der Waals surface area contributed by atoms with Crippen molar-refractivity contribution in [3.05, 3.63) is 124 Å². The number of rotatable bonds is 6. The number of nitrogens with zero attached hydrogens (tertiary/aromatic N) is 4. The van der Waals surface area contributed by atoms with Gasteiger partial charge in [-0.25, -0.2) is 0 Å². The van der Waals surface area contributed by atoms with Crippen molar-refractivity contribution in [2.75, 3.05) is 4.90 Å². The fraction of sp³-hybridized carbons (Fsp3) is 0. The molecule has 0 saturated carbocycles. The summed E-state index contributed by atoms with van der Waals surface area (Å²) in [6.45, 7) is 0. The molecule has 0 aliphatic heterocycles. The lowest BCUT2D eigenvalue weighted by molar-refractivity contribution is 1.28. The van der Waals surface area contributed by atoms with Gasteiger partial charge >= 0.3 is 0 Å². The minimum absolute atomic E-state index is 0.696. The van der Waals surface area contributed by atoms with Gasteiger partial charge in [0.15, 0.2) is 0 Å². The zero-order valence-electron chi connectivity index (χ0n) is 20.9. The zero-order valence-corrected chi connectivity index (χ0v) is 23.4. The van der Waals surface area contributed by atoms with Crippen LogP contribution in [-0.2, 0) is 0 Å². The largest absolute Gasteiger partial charge is 0.311 e. The van der Waals surface area contributed by atoms with Gasteiger partial charge in [-0.15, -0.1) is 34.0 Å². The third-order valence-corrected chi connectivity index (χ3v) is 9.50. The van der Waals surface area contributed by atoms with Crippen LogP contribution in [0.3, 0.4) is 0 Å². The maximum absolute atomic E-state index is 9.21. The Bertz CT molecular complexity index is 1690. The Hall–Kier alpha value is -4.97. The average Bonchev–Trinajstić information content (AvgIpc) is 3.79. The highest BCUT2D eigenvalue weighted by molar-refractivity contribution is 7.16. The maximum atomic E-state index is 9.21. The first-order valence-electron chi connectivity index (χ1n) is 12.3. The van der Waals surface area contributed by atoms with Crippen LogP contribution >= 0.6 is 34.0 Å². The van der Waals surface area contributed by atoms with Crippen molar-refractivity contribution < 1.29 is 0 Å². The van der Waals surface area contributed by atoms with Gasteiger partial charge in [0.2, 0.25) is 0 Å². The molecule has 0 spiro atoms. The number of hydrogen-bond donors (Lipinski definition) is 0. The first-order chi connectivity index (χ1) is 19.6. The highest BCUT2D eigenvalue weighted by atomic mass is 32.1. The van der Waals surface area contributed by atoms with E-state index in [4.69, 9.17) is 0 Å². The van der Waals surface area contributed by atoms with E-state index in [1.54, 1.807) is 0 Å². The molecule has 0 atom stereocenters. The van der Waals surface area contributed by atoms with Crippen LogP contribution in [0.2, 0.25) is 0 Å². The van der Waals surface area contributed by atoms with Crippen LogP contribution in [0.25, 0.3) is 31.3 Å². The molecule has 0 saturated heterocycles. The first kappa shape index (κ1) is 25.3. The minimum Gasteiger partial charge on any atom is -0.311 e. The Morgan fingerprint density at radius 2 is 0.650 bits per heavy atom. The number of nitriles is 3. The second-order valence-electron chi connectivity index (χ2n) is 8.80. The van der Waals surface area contributed by atoms with Crippen LogP contribution in [0.5, 0.6) is 0 Å².